The fraction of sp³-hybridized carbons (Fsp3) is 0.222. The summed E-state index contributed by atoms with van der Waals surface area (Å²) in [6, 6.07) is 9.69. The van der Waals surface area contributed by atoms with Crippen LogP contribution in [0.1, 0.15) is 27.3 Å². The van der Waals surface area contributed by atoms with Gasteiger partial charge in [-0.3, -0.25) is 10.1 Å². The standard InChI is InChI=1S/C18H17N3O3S2/c1-10-15(26-12(3)19-10)17(23)24-11(2)16(22)21-18-20-14(9-25-18)13-7-5-4-6-8-13/h4-9,11H,1-3H3,(H,20,21,22)/t11-/m1/s1. The predicted molar refractivity (Wildman–Crippen MR) is 103 cm³/mol. The minimum Gasteiger partial charge on any atom is -0.448 e. The van der Waals surface area contributed by atoms with Crippen molar-refractivity contribution in [2.24, 2.45) is 0 Å². The van der Waals surface area contributed by atoms with Crippen molar-refractivity contribution in [3.05, 3.63) is 51.3 Å². The third-order valence-corrected chi connectivity index (χ3v) is 5.36. The molecule has 1 amide bonds. The number of anilines is 1. The van der Waals surface area contributed by atoms with Crippen molar-refractivity contribution in [3.63, 3.8) is 0 Å². The van der Waals surface area contributed by atoms with E-state index in [1.54, 1.807) is 6.92 Å². The average Bonchev–Trinajstić information content (AvgIpc) is 3.21. The molecule has 26 heavy (non-hydrogen) atoms. The molecular weight excluding hydrogens is 370 g/mol. The van der Waals surface area contributed by atoms with E-state index in [9.17, 15) is 9.59 Å². The van der Waals surface area contributed by atoms with Crippen LogP contribution in [0.2, 0.25) is 0 Å². The van der Waals surface area contributed by atoms with Gasteiger partial charge in [-0.1, -0.05) is 30.3 Å². The van der Waals surface area contributed by atoms with E-state index in [1.807, 2.05) is 42.6 Å². The summed E-state index contributed by atoms with van der Waals surface area (Å²) in [7, 11) is 0. The summed E-state index contributed by atoms with van der Waals surface area (Å²) in [6.07, 6.45) is -0.937. The van der Waals surface area contributed by atoms with Crippen LogP contribution < -0.4 is 5.32 Å². The second kappa shape index (κ2) is 7.76. The summed E-state index contributed by atoms with van der Waals surface area (Å²) in [5.74, 6) is -0.967. The number of carbonyl (C=O) groups is 2. The van der Waals surface area contributed by atoms with Crippen LogP contribution in [-0.4, -0.2) is 27.9 Å². The van der Waals surface area contributed by atoms with Gasteiger partial charge in [-0.05, 0) is 20.8 Å². The molecule has 8 heteroatoms. The Morgan fingerprint density at radius 2 is 1.88 bits per heavy atom. The number of thiazole rings is 2. The van der Waals surface area contributed by atoms with Crippen LogP contribution >= 0.6 is 22.7 Å². The minimum absolute atomic E-state index is 0.419. The first-order valence-corrected chi connectivity index (χ1v) is 9.60. The van der Waals surface area contributed by atoms with Crippen molar-refractivity contribution < 1.29 is 14.3 Å². The molecule has 1 atom stereocenters. The van der Waals surface area contributed by atoms with Crippen LogP contribution in [0.15, 0.2) is 35.7 Å². The molecule has 0 aliphatic carbocycles. The highest BCUT2D eigenvalue weighted by molar-refractivity contribution is 7.14. The van der Waals surface area contributed by atoms with Gasteiger partial charge in [-0.25, -0.2) is 14.8 Å². The zero-order valence-electron chi connectivity index (χ0n) is 14.5. The number of nitrogens with zero attached hydrogens (tertiary/aromatic N) is 2. The normalized spacial score (nSPS) is 11.8. The molecule has 2 aromatic heterocycles. The van der Waals surface area contributed by atoms with Crippen LogP contribution in [0.4, 0.5) is 5.13 Å². The molecule has 6 nitrogen and oxygen atoms in total. The molecule has 0 spiro atoms. The third kappa shape index (κ3) is 4.14. The molecule has 3 aromatic rings. The molecule has 2 heterocycles. The van der Waals surface area contributed by atoms with Gasteiger partial charge in [0.1, 0.15) is 4.88 Å². The predicted octanol–water partition coefficient (Wildman–Crippen LogP) is 4.07. The highest BCUT2D eigenvalue weighted by atomic mass is 32.1. The van der Waals surface area contributed by atoms with E-state index in [2.05, 4.69) is 15.3 Å². The Labute approximate surface area is 158 Å². The van der Waals surface area contributed by atoms with Gasteiger partial charge in [0.05, 0.1) is 16.4 Å². The topological polar surface area (TPSA) is 81.2 Å². The number of hydrogen-bond acceptors (Lipinski definition) is 7. The first-order valence-electron chi connectivity index (χ1n) is 7.91. The third-order valence-electron chi connectivity index (χ3n) is 3.55. The van der Waals surface area contributed by atoms with Crippen LogP contribution in [0.25, 0.3) is 11.3 Å². The van der Waals surface area contributed by atoms with E-state index in [0.29, 0.717) is 15.7 Å². The van der Waals surface area contributed by atoms with E-state index in [1.165, 1.54) is 29.6 Å². The second-order valence-electron chi connectivity index (χ2n) is 5.59. The lowest BCUT2D eigenvalue weighted by atomic mass is 10.2. The number of hydrogen-bond donors (Lipinski definition) is 1. The van der Waals surface area contributed by atoms with Gasteiger partial charge < -0.3 is 4.74 Å². The number of benzene rings is 1. The van der Waals surface area contributed by atoms with E-state index in [0.717, 1.165) is 16.3 Å². The molecule has 1 N–H and O–H groups in total. The maximum absolute atomic E-state index is 12.3. The Morgan fingerprint density at radius 1 is 1.15 bits per heavy atom. The molecule has 3 rings (SSSR count). The number of aromatic nitrogens is 2. The van der Waals surface area contributed by atoms with Gasteiger partial charge in [-0.15, -0.1) is 22.7 Å². The van der Waals surface area contributed by atoms with Crippen molar-refractivity contribution in [2.45, 2.75) is 26.9 Å². The Balaban J connectivity index is 1.62. The summed E-state index contributed by atoms with van der Waals surface area (Å²) in [5.41, 5.74) is 2.36. The molecule has 0 unspecified atom stereocenters. The number of amides is 1. The molecule has 0 saturated heterocycles. The summed E-state index contributed by atoms with van der Waals surface area (Å²) >= 11 is 2.57. The molecule has 0 fully saturated rings. The van der Waals surface area contributed by atoms with Gasteiger partial charge in [0.15, 0.2) is 11.2 Å². The maximum atomic E-state index is 12.3. The van der Waals surface area contributed by atoms with E-state index in [4.69, 9.17) is 4.74 Å². The number of aryl methyl sites for hydroxylation is 2. The Morgan fingerprint density at radius 3 is 2.54 bits per heavy atom. The van der Waals surface area contributed by atoms with Gasteiger partial charge in [0, 0.05) is 10.9 Å². The fourth-order valence-electron chi connectivity index (χ4n) is 2.27. The van der Waals surface area contributed by atoms with Gasteiger partial charge in [-0.2, -0.15) is 0 Å². The average molecular weight is 387 g/mol. The van der Waals surface area contributed by atoms with E-state index >= 15 is 0 Å². The van der Waals surface area contributed by atoms with E-state index in [-0.39, 0.29) is 0 Å². The highest BCUT2D eigenvalue weighted by Crippen LogP contribution is 2.25. The monoisotopic (exact) mass is 387 g/mol. The number of rotatable bonds is 5. The van der Waals surface area contributed by atoms with Gasteiger partial charge in [0.2, 0.25) is 0 Å². The lowest BCUT2D eigenvalue weighted by Crippen LogP contribution is -2.29. The Bertz CT molecular complexity index is 934. The van der Waals surface area contributed by atoms with Crippen LogP contribution in [0.5, 0.6) is 0 Å². The molecule has 0 radical (unpaired) electrons. The number of esters is 1. The first kappa shape index (κ1) is 18.2. The summed E-state index contributed by atoms with van der Waals surface area (Å²) in [5, 5.41) is 5.79. The molecule has 0 bridgehead atoms. The molecule has 0 aliphatic heterocycles. The molecule has 1 aromatic carbocycles. The molecule has 134 valence electrons. The van der Waals surface area contributed by atoms with Gasteiger partial charge >= 0.3 is 5.97 Å². The molecule has 0 saturated carbocycles. The van der Waals surface area contributed by atoms with Crippen molar-refractivity contribution in [3.8, 4) is 11.3 Å². The van der Waals surface area contributed by atoms with Crippen LogP contribution in [0, 0.1) is 13.8 Å². The lowest BCUT2D eigenvalue weighted by molar-refractivity contribution is -0.123. The molecular formula is C18H17N3O3S2. The smallest absolute Gasteiger partial charge is 0.351 e. The summed E-state index contributed by atoms with van der Waals surface area (Å²) < 4.78 is 5.25. The zero-order valence-corrected chi connectivity index (χ0v) is 16.1. The van der Waals surface area contributed by atoms with Crippen LogP contribution in [0.3, 0.4) is 0 Å². The number of carbonyl (C=O) groups excluding carboxylic acids is 2. The van der Waals surface area contributed by atoms with Crippen molar-refractivity contribution in [1.29, 1.82) is 0 Å². The SMILES string of the molecule is Cc1nc(C)c(C(=O)O[C@H](C)C(=O)Nc2nc(-c3ccccc3)cs2)s1. The maximum Gasteiger partial charge on any atom is 0.351 e. The summed E-state index contributed by atoms with van der Waals surface area (Å²) in [4.78, 5) is 33.5. The second-order valence-corrected chi connectivity index (χ2v) is 7.65. The number of nitrogens with one attached hydrogen (secondary N) is 1. The van der Waals surface area contributed by atoms with E-state index < -0.39 is 18.0 Å². The van der Waals surface area contributed by atoms with Crippen molar-refractivity contribution >= 4 is 39.7 Å². The largest absolute Gasteiger partial charge is 0.448 e. The van der Waals surface area contributed by atoms with Crippen molar-refractivity contribution in [1.82, 2.24) is 9.97 Å². The minimum atomic E-state index is -0.937. The lowest BCUT2D eigenvalue weighted by Gasteiger charge is -2.11. The van der Waals surface area contributed by atoms with Gasteiger partial charge in [0.25, 0.3) is 5.91 Å². The first-order chi connectivity index (χ1) is 12.4. The highest BCUT2D eigenvalue weighted by Gasteiger charge is 2.23. The Hall–Kier alpha value is -2.58. The quantitative estimate of drug-likeness (QED) is 0.668. The number of ether oxygens (including phenoxy) is 1. The van der Waals surface area contributed by atoms with Crippen molar-refractivity contribution in [2.75, 3.05) is 5.32 Å². The summed E-state index contributed by atoms with van der Waals surface area (Å²) in [6.45, 7) is 5.09. The van der Waals surface area contributed by atoms with Crippen LogP contribution in [-0.2, 0) is 9.53 Å². The zero-order chi connectivity index (χ0) is 18.7. The fourth-order valence-corrected chi connectivity index (χ4v) is 3.79. The molecule has 0 aliphatic rings. The Kier molecular flexibility index (Phi) is 5.43.